The molecule has 0 spiro atoms. The molecule has 3 nitrogen and oxygen atoms in total. The summed E-state index contributed by atoms with van der Waals surface area (Å²) in [5.74, 6) is 5.47. The average Bonchev–Trinajstić information content (AvgIpc) is 2.14. The monoisotopic (exact) mass is 190 g/mol. The SMILES string of the molecule is CC(C)(O)C#Cc1ccc(CN)cn1. The van der Waals surface area contributed by atoms with Crippen molar-refractivity contribution in [1.82, 2.24) is 4.98 Å². The third-order valence-electron chi connectivity index (χ3n) is 1.56. The number of aromatic nitrogens is 1. The second-order valence-corrected chi connectivity index (χ2v) is 3.56. The first-order valence-electron chi connectivity index (χ1n) is 4.42. The summed E-state index contributed by atoms with van der Waals surface area (Å²) < 4.78 is 0. The Balaban J connectivity index is 2.82. The highest BCUT2D eigenvalue weighted by atomic mass is 16.3. The predicted molar refractivity (Wildman–Crippen MR) is 55.3 cm³/mol. The Kier molecular flexibility index (Phi) is 3.23. The van der Waals surface area contributed by atoms with Gasteiger partial charge in [-0.05, 0) is 31.4 Å². The first-order chi connectivity index (χ1) is 6.51. The fourth-order valence-electron chi connectivity index (χ4n) is 0.836. The number of hydrogen-bond donors (Lipinski definition) is 2. The summed E-state index contributed by atoms with van der Waals surface area (Å²) in [6, 6.07) is 3.67. The Bertz CT molecular complexity index is 352. The fraction of sp³-hybridized carbons (Fsp3) is 0.364. The maximum atomic E-state index is 9.36. The van der Waals surface area contributed by atoms with Crippen LogP contribution in [0.25, 0.3) is 0 Å². The minimum atomic E-state index is -0.978. The summed E-state index contributed by atoms with van der Waals surface area (Å²) in [6.45, 7) is 3.74. The molecule has 0 aliphatic rings. The summed E-state index contributed by atoms with van der Waals surface area (Å²) in [5.41, 5.74) is 6.06. The zero-order valence-corrected chi connectivity index (χ0v) is 8.41. The Morgan fingerprint density at radius 2 is 2.21 bits per heavy atom. The first-order valence-corrected chi connectivity index (χ1v) is 4.42. The maximum absolute atomic E-state index is 9.36. The Hall–Kier alpha value is -1.37. The van der Waals surface area contributed by atoms with Crippen LogP contribution in [0.5, 0.6) is 0 Å². The number of nitrogens with zero attached hydrogens (tertiary/aromatic N) is 1. The molecule has 14 heavy (non-hydrogen) atoms. The molecular formula is C11H14N2O. The number of nitrogens with two attached hydrogens (primary N) is 1. The van der Waals surface area contributed by atoms with E-state index in [1.807, 2.05) is 6.07 Å². The van der Waals surface area contributed by atoms with E-state index in [2.05, 4.69) is 16.8 Å². The number of hydrogen-bond acceptors (Lipinski definition) is 3. The third-order valence-corrected chi connectivity index (χ3v) is 1.56. The molecule has 3 N–H and O–H groups in total. The Morgan fingerprint density at radius 3 is 2.64 bits per heavy atom. The molecule has 0 aliphatic heterocycles. The topological polar surface area (TPSA) is 59.1 Å². The van der Waals surface area contributed by atoms with Gasteiger partial charge in [-0.3, -0.25) is 0 Å². The van der Waals surface area contributed by atoms with E-state index in [4.69, 9.17) is 5.73 Å². The van der Waals surface area contributed by atoms with Gasteiger partial charge >= 0.3 is 0 Å². The van der Waals surface area contributed by atoms with Gasteiger partial charge in [-0.15, -0.1) is 0 Å². The number of rotatable bonds is 1. The van der Waals surface area contributed by atoms with Gasteiger partial charge in [0.2, 0.25) is 0 Å². The molecule has 1 rings (SSSR count). The molecule has 0 saturated carbocycles. The van der Waals surface area contributed by atoms with Crippen LogP contribution in [0.1, 0.15) is 25.1 Å². The van der Waals surface area contributed by atoms with Crippen LogP contribution in [0, 0.1) is 11.8 Å². The van der Waals surface area contributed by atoms with Crippen molar-refractivity contribution in [1.29, 1.82) is 0 Å². The second kappa shape index (κ2) is 4.23. The van der Waals surface area contributed by atoms with Crippen molar-refractivity contribution < 1.29 is 5.11 Å². The molecule has 0 bridgehead atoms. The summed E-state index contributed by atoms with van der Waals surface area (Å²) in [4.78, 5) is 4.09. The van der Waals surface area contributed by atoms with Gasteiger partial charge in [0.25, 0.3) is 0 Å². The van der Waals surface area contributed by atoms with Gasteiger partial charge in [-0.2, -0.15) is 0 Å². The van der Waals surface area contributed by atoms with Crippen LogP contribution in [-0.4, -0.2) is 15.7 Å². The van der Waals surface area contributed by atoms with E-state index < -0.39 is 5.60 Å². The quantitative estimate of drug-likeness (QED) is 0.640. The van der Waals surface area contributed by atoms with Crippen LogP contribution in [-0.2, 0) is 6.54 Å². The van der Waals surface area contributed by atoms with Crippen LogP contribution in [0.2, 0.25) is 0 Å². The largest absolute Gasteiger partial charge is 0.378 e. The van der Waals surface area contributed by atoms with Gasteiger partial charge in [0.1, 0.15) is 11.3 Å². The Morgan fingerprint density at radius 1 is 1.50 bits per heavy atom. The number of aliphatic hydroxyl groups is 1. The van der Waals surface area contributed by atoms with Crippen molar-refractivity contribution in [3.8, 4) is 11.8 Å². The van der Waals surface area contributed by atoms with E-state index in [1.165, 1.54) is 0 Å². The van der Waals surface area contributed by atoms with Crippen LogP contribution < -0.4 is 5.73 Å². The molecule has 0 fully saturated rings. The second-order valence-electron chi connectivity index (χ2n) is 3.56. The van der Waals surface area contributed by atoms with E-state index in [9.17, 15) is 5.11 Å². The van der Waals surface area contributed by atoms with Crippen LogP contribution in [0.3, 0.4) is 0 Å². The molecule has 0 radical (unpaired) electrons. The molecule has 0 amide bonds. The normalized spacial score (nSPS) is 10.6. The summed E-state index contributed by atoms with van der Waals surface area (Å²) in [5, 5.41) is 9.36. The highest BCUT2D eigenvalue weighted by Crippen LogP contribution is 2.00. The van der Waals surface area contributed by atoms with Crippen molar-refractivity contribution in [2.24, 2.45) is 5.73 Å². The van der Waals surface area contributed by atoms with Gasteiger partial charge in [-0.1, -0.05) is 12.0 Å². The molecule has 0 atom stereocenters. The maximum Gasteiger partial charge on any atom is 0.120 e. The molecule has 0 aliphatic carbocycles. The average molecular weight is 190 g/mol. The van der Waals surface area contributed by atoms with Crippen molar-refractivity contribution in [3.63, 3.8) is 0 Å². The summed E-state index contributed by atoms with van der Waals surface area (Å²) in [7, 11) is 0. The molecule has 0 saturated heterocycles. The van der Waals surface area contributed by atoms with Gasteiger partial charge < -0.3 is 10.8 Å². The van der Waals surface area contributed by atoms with E-state index >= 15 is 0 Å². The van der Waals surface area contributed by atoms with E-state index in [0.717, 1.165) is 5.56 Å². The van der Waals surface area contributed by atoms with Crippen molar-refractivity contribution in [3.05, 3.63) is 29.6 Å². The lowest BCUT2D eigenvalue weighted by Crippen LogP contribution is -2.14. The smallest absolute Gasteiger partial charge is 0.120 e. The molecule has 1 aromatic rings. The molecule has 1 heterocycles. The van der Waals surface area contributed by atoms with Crippen molar-refractivity contribution >= 4 is 0 Å². The molecule has 3 heteroatoms. The fourth-order valence-corrected chi connectivity index (χ4v) is 0.836. The van der Waals surface area contributed by atoms with Gasteiger partial charge in [0.15, 0.2) is 0 Å². The van der Waals surface area contributed by atoms with E-state index in [1.54, 1.807) is 26.1 Å². The lowest BCUT2D eigenvalue weighted by molar-refractivity contribution is 0.143. The predicted octanol–water partition coefficient (Wildman–Crippen LogP) is 0.663. The van der Waals surface area contributed by atoms with Crippen LogP contribution >= 0.6 is 0 Å². The van der Waals surface area contributed by atoms with Gasteiger partial charge in [0.05, 0.1) is 0 Å². The lowest BCUT2D eigenvalue weighted by atomic mass is 10.1. The zero-order chi connectivity index (χ0) is 10.6. The minimum Gasteiger partial charge on any atom is -0.378 e. The highest BCUT2D eigenvalue weighted by molar-refractivity contribution is 5.31. The molecule has 0 aromatic carbocycles. The zero-order valence-electron chi connectivity index (χ0n) is 8.41. The van der Waals surface area contributed by atoms with Gasteiger partial charge in [-0.25, -0.2) is 4.98 Å². The molecule has 0 unspecified atom stereocenters. The number of pyridine rings is 1. The Labute approximate surface area is 84.0 Å². The van der Waals surface area contributed by atoms with E-state index in [-0.39, 0.29) is 0 Å². The third kappa shape index (κ3) is 3.56. The van der Waals surface area contributed by atoms with Gasteiger partial charge in [0, 0.05) is 12.7 Å². The standard InChI is InChI=1S/C11H14N2O/c1-11(2,14)6-5-10-4-3-9(7-12)8-13-10/h3-4,8,14H,7,12H2,1-2H3. The molecule has 74 valence electrons. The minimum absolute atomic E-state index is 0.478. The van der Waals surface area contributed by atoms with E-state index in [0.29, 0.717) is 12.2 Å². The van der Waals surface area contributed by atoms with Crippen LogP contribution in [0.15, 0.2) is 18.3 Å². The van der Waals surface area contributed by atoms with Crippen LogP contribution in [0.4, 0.5) is 0 Å². The summed E-state index contributed by atoms with van der Waals surface area (Å²) >= 11 is 0. The van der Waals surface area contributed by atoms with Crippen molar-refractivity contribution in [2.45, 2.75) is 26.0 Å². The molecule has 1 aromatic heterocycles. The summed E-state index contributed by atoms with van der Waals surface area (Å²) in [6.07, 6.45) is 1.69. The molecular weight excluding hydrogens is 176 g/mol. The first kappa shape index (κ1) is 10.7. The lowest BCUT2D eigenvalue weighted by Gasteiger charge is -2.05. The van der Waals surface area contributed by atoms with Crippen molar-refractivity contribution in [2.75, 3.05) is 0 Å². The highest BCUT2D eigenvalue weighted by Gasteiger charge is 2.05.